The number of amides is 1. The molecule has 1 atom stereocenters. The summed E-state index contributed by atoms with van der Waals surface area (Å²) in [6, 6.07) is 8.53. The number of nitrogens with zero attached hydrogens (tertiary/aromatic N) is 4. The fourth-order valence-corrected chi connectivity index (χ4v) is 4.41. The minimum atomic E-state index is -0.00281. The van der Waals surface area contributed by atoms with Crippen molar-refractivity contribution in [1.29, 1.82) is 0 Å². The Bertz CT molecular complexity index is 815. The van der Waals surface area contributed by atoms with Crippen LogP contribution in [0.25, 0.3) is 0 Å². The van der Waals surface area contributed by atoms with Crippen LogP contribution in [0, 0.1) is 5.92 Å². The number of ether oxygens (including phenoxy) is 1. The molecule has 0 saturated carbocycles. The van der Waals surface area contributed by atoms with Gasteiger partial charge in [0.1, 0.15) is 0 Å². The summed E-state index contributed by atoms with van der Waals surface area (Å²) in [4.78, 5) is 14.9. The van der Waals surface area contributed by atoms with E-state index in [1.165, 1.54) is 17.3 Å². The van der Waals surface area contributed by atoms with Crippen molar-refractivity contribution in [3.8, 4) is 0 Å². The van der Waals surface area contributed by atoms with Crippen LogP contribution in [0.1, 0.15) is 44.9 Å². The van der Waals surface area contributed by atoms with Crippen LogP contribution in [0.2, 0.25) is 0 Å². The summed E-state index contributed by atoms with van der Waals surface area (Å²) in [5, 5.41) is 12.7. The Morgan fingerprint density at radius 3 is 2.47 bits per heavy atom. The molecule has 1 aromatic carbocycles. The van der Waals surface area contributed by atoms with Crippen LogP contribution >= 0.6 is 11.8 Å². The minimum absolute atomic E-state index is 0.00281. The van der Waals surface area contributed by atoms with Gasteiger partial charge in [-0.1, -0.05) is 56.8 Å². The molecule has 1 aliphatic heterocycles. The summed E-state index contributed by atoms with van der Waals surface area (Å²) in [6.07, 6.45) is 1.01. The molecule has 3 rings (SSSR count). The standard InChI is InChI=1S/C22H33N5O2S/c1-5-17-7-9-18(10-8-17)20(16(3)4)23-19(28)15-30-22-25-24-21(27(22)6-2)26-11-13-29-14-12-26/h7-10,16,20H,5-6,11-15H2,1-4H3,(H,23,28)/t20-/m1/s1. The van der Waals surface area contributed by atoms with E-state index < -0.39 is 0 Å². The predicted octanol–water partition coefficient (Wildman–Crippen LogP) is 3.30. The zero-order valence-electron chi connectivity index (χ0n) is 18.4. The first kappa shape index (κ1) is 22.6. The van der Waals surface area contributed by atoms with Crippen LogP contribution in [-0.4, -0.2) is 52.7 Å². The van der Waals surface area contributed by atoms with Crippen LogP contribution < -0.4 is 10.2 Å². The fraction of sp³-hybridized carbons (Fsp3) is 0.591. The number of nitrogens with one attached hydrogen (secondary N) is 1. The number of benzene rings is 1. The number of anilines is 1. The molecule has 8 heteroatoms. The van der Waals surface area contributed by atoms with E-state index in [0.29, 0.717) is 24.9 Å². The van der Waals surface area contributed by atoms with Gasteiger partial charge in [-0.25, -0.2) is 0 Å². The van der Waals surface area contributed by atoms with Crippen molar-refractivity contribution in [2.45, 2.75) is 51.9 Å². The monoisotopic (exact) mass is 431 g/mol. The molecule has 30 heavy (non-hydrogen) atoms. The molecule has 0 unspecified atom stereocenters. The molecular weight excluding hydrogens is 398 g/mol. The largest absolute Gasteiger partial charge is 0.378 e. The van der Waals surface area contributed by atoms with Gasteiger partial charge in [0.15, 0.2) is 5.16 Å². The van der Waals surface area contributed by atoms with E-state index in [4.69, 9.17) is 4.74 Å². The van der Waals surface area contributed by atoms with Crippen molar-refractivity contribution < 1.29 is 9.53 Å². The lowest BCUT2D eigenvalue weighted by atomic mass is 9.95. The van der Waals surface area contributed by atoms with Gasteiger partial charge in [-0.2, -0.15) is 0 Å². The molecule has 7 nitrogen and oxygen atoms in total. The van der Waals surface area contributed by atoms with E-state index in [0.717, 1.165) is 42.7 Å². The molecule has 164 valence electrons. The number of hydrogen-bond acceptors (Lipinski definition) is 6. The lowest BCUT2D eigenvalue weighted by Gasteiger charge is -2.27. The molecule has 1 fully saturated rings. The Morgan fingerprint density at radius 2 is 1.87 bits per heavy atom. The molecule has 2 aromatic rings. The topological polar surface area (TPSA) is 72.3 Å². The number of aryl methyl sites for hydroxylation is 1. The molecule has 1 aromatic heterocycles. The Morgan fingerprint density at radius 1 is 1.17 bits per heavy atom. The molecule has 1 aliphatic rings. The van der Waals surface area contributed by atoms with E-state index in [2.05, 4.69) is 76.9 Å². The molecule has 0 radical (unpaired) electrons. The highest BCUT2D eigenvalue weighted by molar-refractivity contribution is 7.99. The summed E-state index contributed by atoms with van der Waals surface area (Å²) < 4.78 is 7.50. The number of thioether (sulfide) groups is 1. The molecular formula is C22H33N5O2S. The Kier molecular flexibility index (Phi) is 8.16. The summed E-state index contributed by atoms with van der Waals surface area (Å²) in [5.41, 5.74) is 2.45. The summed E-state index contributed by atoms with van der Waals surface area (Å²) in [5.74, 6) is 1.49. The average molecular weight is 432 g/mol. The lowest BCUT2D eigenvalue weighted by molar-refractivity contribution is -0.119. The number of carbonyl (C=O) groups excluding carboxylic acids is 1. The van der Waals surface area contributed by atoms with Gasteiger partial charge in [-0.3, -0.25) is 9.36 Å². The Balaban J connectivity index is 1.62. The van der Waals surface area contributed by atoms with E-state index >= 15 is 0 Å². The highest BCUT2D eigenvalue weighted by Gasteiger charge is 2.22. The van der Waals surface area contributed by atoms with Crippen molar-refractivity contribution in [1.82, 2.24) is 20.1 Å². The van der Waals surface area contributed by atoms with Gasteiger partial charge in [0, 0.05) is 19.6 Å². The zero-order chi connectivity index (χ0) is 21.5. The fourth-order valence-electron chi connectivity index (χ4n) is 3.60. The Hall–Kier alpha value is -2.06. The first-order chi connectivity index (χ1) is 14.5. The maximum absolute atomic E-state index is 12.7. The maximum atomic E-state index is 12.7. The molecule has 2 heterocycles. The van der Waals surface area contributed by atoms with Crippen LogP contribution in [-0.2, 0) is 22.5 Å². The predicted molar refractivity (Wildman–Crippen MR) is 121 cm³/mol. The van der Waals surface area contributed by atoms with Crippen LogP contribution in [0.15, 0.2) is 29.4 Å². The second kappa shape index (κ2) is 10.8. The average Bonchev–Trinajstić information content (AvgIpc) is 3.19. The third-order valence-electron chi connectivity index (χ3n) is 5.37. The van der Waals surface area contributed by atoms with Gasteiger partial charge >= 0.3 is 0 Å². The SMILES string of the molecule is CCc1ccc([C@H](NC(=O)CSc2nnc(N3CCOCC3)n2CC)C(C)C)cc1. The Labute approximate surface area is 183 Å². The van der Waals surface area contributed by atoms with Gasteiger partial charge < -0.3 is 15.0 Å². The van der Waals surface area contributed by atoms with Crippen LogP contribution in [0.5, 0.6) is 0 Å². The molecule has 1 amide bonds. The van der Waals surface area contributed by atoms with Crippen molar-refractivity contribution in [2.24, 2.45) is 5.92 Å². The van der Waals surface area contributed by atoms with E-state index in [9.17, 15) is 4.79 Å². The van der Waals surface area contributed by atoms with E-state index in [-0.39, 0.29) is 11.9 Å². The van der Waals surface area contributed by atoms with Gasteiger partial charge in [0.2, 0.25) is 11.9 Å². The first-order valence-corrected chi connectivity index (χ1v) is 11.8. The van der Waals surface area contributed by atoms with Crippen molar-refractivity contribution >= 4 is 23.6 Å². The van der Waals surface area contributed by atoms with Crippen LogP contribution in [0.3, 0.4) is 0 Å². The summed E-state index contributed by atoms with van der Waals surface area (Å²) >= 11 is 1.44. The molecule has 1 saturated heterocycles. The van der Waals surface area contributed by atoms with Gasteiger partial charge in [-0.15, -0.1) is 10.2 Å². The number of morpholine rings is 1. The smallest absolute Gasteiger partial charge is 0.230 e. The number of carbonyl (C=O) groups is 1. The van der Waals surface area contributed by atoms with E-state index in [1.54, 1.807) is 0 Å². The van der Waals surface area contributed by atoms with E-state index in [1.807, 2.05) is 0 Å². The number of aromatic nitrogens is 3. The molecule has 1 N–H and O–H groups in total. The highest BCUT2D eigenvalue weighted by atomic mass is 32.2. The lowest BCUT2D eigenvalue weighted by Crippen LogP contribution is -2.38. The quantitative estimate of drug-likeness (QED) is 0.614. The second-order valence-corrected chi connectivity index (χ2v) is 8.74. The maximum Gasteiger partial charge on any atom is 0.230 e. The molecule has 0 aliphatic carbocycles. The highest BCUT2D eigenvalue weighted by Crippen LogP contribution is 2.25. The van der Waals surface area contributed by atoms with Gasteiger partial charge in [0.25, 0.3) is 0 Å². The van der Waals surface area contributed by atoms with Gasteiger partial charge in [-0.05, 0) is 30.4 Å². The molecule has 0 spiro atoms. The summed E-state index contributed by atoms with van der Waals surface area (Å²) in [6.45, 7) is 12.3. The second-order valence-electron chi connectivity index (χ2n) is 7.80. The summed E-state index contributed by atoms with van der Waals surface area (Å²) in [7, 11) is 0. The first-order valence-electron chi connectivity index (χ1n) is 10.8. The van der Waals surface area contributed by atoms with Crippen molar-refractivity contribution in [2.75, 3.05) is 37.0 Å². The minimum Gasteiger partial charge on any atom is -0.378 e. The zero-order valence-corrected chi connectivity index (χ0v) is 19.2. The van der Waals surface area contributed by atoms with Crippen molar-refractivity contribution in [3.05, 3.63) is 35.4 Å². The third kappa shape index (κ3) is 5.55. The number of rotatable bonds is 9. The normalized spacial score (nSPS) is 15.4. The van der Waals surface area contributed by atoms with Gasteiger partial charge in [0.05, 0.1) is 25.0 Å². The molecule has 0 bridgehead atoms. The van der Waals surface area contributed by atoms with Crippen LogP contribution in [0.4, 0.5) is 5.95 Å². The third-order valence-corrected chi connectivity index (χ3v) is 6.34. The number of hydrogen-bond donors (Lipinski definition) is 1. The van der Waals surface area contributed by atoms with Crippen molar-refractivity contribution in [3.63, 3.8) is 0 Å².